The highest BCUT2D eigenvalue weighted by atomic mass is 32.2. The molecule has 1 aliphatic carbocycles. The van der Waals surface area contributed by atoms with Gasteiger partial charge in [-0.25, -0.2) is 9.97 Å². The molecule has 1 fully saturated rings. The first-order chi connectivity index (χ1) is 14.1. The molecule has 1 saturated carbocycles. The molecule has 1 aliphatic rings. The van der Waals surface area contributed by atoms with Crippen LogP contribution < -0.4 is 10.2 Å². The zero-order valence-electron chi connectivity index (χ0n) is 17.8. The highest BCUT2D eigenvalue weighted by molar-refractivity contribution is 7.98. The van der Waals surface area contributed by atoms with E-state index < -0.39 is 0 Å². The Morgan fingerprint density at radius 1 is 1.17 bits per heavy atom. The Labute approximate surface area is 178 Å². The summed E-state index contributed by atoms with van der Waals surface area (Å²) in [7, 11) is 2.17. The second kappa shape index (κ2) is 10.6. The molecule has 1 heterocycles. The van der Waals surface area contributed by atoms with Crippen LogP contribution in [0.1, 0.15) is 67.6 Å². The van der Waals surface area contributed by atoms with Crippen molar-refractivity contribution in [1.82, 2.24) is 15.3 Å². The second-order valence-electron chi connectivity index (χ2n) is 7.60. The molecule has 1 aromatic heterocycles. The minimum absolute atomic E-state index is 0.0278. The van der Waals surface area contributed by atoms with E-state index in [2.05, 4.69) is 36.3 Å². The number of hydrogen-bond acceptors (Lipinski definition) is 5. The van der Waals surface area contributed by atoms with Crippen molar-refractivity contribution in [1.29, 1.82) is 0 Å². The van der Waals surface area contributed by atoms with Crippen molar-refractivity contribution in [3.63, 3.8) is 0 Å². The number of hydrogen-bond donors (Lipinski definition) is 1. The molecule has 1 amide bonds. The number of amides is 1. The van der Waals surface area contributed by atoms with Gasteiger partial charge in [-0.15, -0.1) is 0 Å². The lowest BCUT2D eigenvalue weighted by Crippen LogP contribution is -2.34. The van der Waals surface area contributed by atoms with E-state index >= 15 is 0 Å². The third-order valence-corrected chi connectivity index (χ3v) is 6.40. The first-order valence-corrected chi connectivity index (χ1v) is 11.7. The zero-order chi connectivity index (χ0) is 20.6. The minimum atomic E-state index is -0.0278. The van der Waals surface area contributed by atoms with Gasteiger partial charge in [-0.2, -0.15) is 0 Å². The van der Waals surface area contributed by atoms with Crippen LogP contribution in [0.2, 0.25) is 0 Å². The Balaban J connectivity index is 1.72. The Hall–Kier alpha value is -2.08. The summed E-state index contributed by atoms with van der Waals surface area (Å²) in [6.07, 6.45) is 7.36. The van der Waals surface area contributed by atoms with Crippen LogP contribution in [0.3, 0.4) is 0 Å². The summed E-state index contributed by atoms with van der Waals surface area (Å²) in [5.74, 6) is 1.75. The lowest BCUT2D eigenvalue weighted by molar-refractivity contribution is 0.0955. The molecule has 1 N–H and O–H groups in total. The van der Waals surface area contributed by atoms with Crippen molar-refractivity contribution in [2.45, 2.75) is 69.3 Å². The molecule has 6 heteroatoms. The van der Waals surface area contributed by atoms with Crippen molar-refractivity contribution in [2.75, 3.05) is 18.5 Å². The van der Waals surface area contributed by atoms with Gasteiger partial charge < -0.3 is 10.2 Å². The van der Waals surface area contributed by atoms with Crippen molar-refractivity contribution in [3.05, 3.63) is 47.2 Å². The van der Waals surface area contributed by atoms with Gasteiger partial charge in [0, 0.05) is 42.7 Å². The Morgan fingerprint density at radius 3 is 2.69 bits per heavy atom. The van der Waals surface area contributed by atoms with Crippen LogP contribution in [0.5, 0.6) is 0 Å². The smallest absolute Gasteiger partial charge is 0.251 e. The summed E-state index contributed by atoms with van der Waals surface area (Å²) < 4.78 is 0. The fraction of sp³-hybridized carbons (Fsp3) is 0.522. The Kier molecular flexibility index (Phi) is 7.92. The molecule has 29 heavy (non-hydrogen) atoms. The van der Waals surface area contributed by atoms with Gasteiger partial charge in [0.2, 0.25) is 0 Å². The fourth-order valence-electron chi connectivity index (χ4n) is 3.75. The van der Waals surface area contributed by atoms with Gasteiger partial charge in [0.1, 0.15) is 5.82 Å². The van der Waals surface area contributed by atoms with E-state index in [-0.39, 0.29) is 5.91 Å². The molecular weight excluding hydrogens is 380 g/mol. The number of thioether (sulfide) groups is 1. The third-order valence-electron chi connectivity index (χ3n) is 5.49. The van der Waals surface area contributed by atoms with Gasteiger partial charge in [0.25, 0.3) is 5.91 Å². The second-order valence-corrected chi connectivity index (χ2v) is 8.55. The number of anilines is 1. The molecule has 5 nitrogen and oxygen atoms in total. The maximum atomic E-state index is 12.1. The summed E-state index contributed by atoms with van der Waals surface area (Å²) in [5, 5.41) is 3.66. The van der Waals surface area contributed by atoms with Gasteiger partial charge in [0.05, 0.1) is 0 Å². The third kappa shape index (κ3) is 5.95. The van der Waals surface area contributed by atoms with E-state index in [1.165, 1.54) is 32.1 Å². The fourth-order valence-corrected chi connectivity index (χ4v) is 4.57. The number of aromatic nitrogens is 2. The van der Waals surface area contributed by atoms with Crippen LogP contribution in [-0.4, -0.2) is 35.5 Å². The molecule has 0 unspecified atom stereocenters. The number of nitrogens with one attached hydrogen (secondary N) is 1. The molecule has 0 saturated heterocycles. The Morgan fingerprint density at radius 2 is 1.97 bits per heavy atom. The van der Waals surface area contributed by atoms with Gasteiger partial charge in [0.15, 0.2) is 5.16 Å². The number of benzene rings is 1. The SMILES string of the molecule is CCNC(=O)c1cccc(CSc2nc(CC)cc(N(C)C3CCCCC3)n2)c1. The van der Waals surface area contributed by atoms with Gasteiger partial charge in [-0.1, -0.05) is 50.1 Å². The highest BCUT2D eigenvalue weighted by Gasteiger charge is 2.20. The maximum Gasteiger partial charge on any atom is 0.251 e. The van der Waals surface area contributed by atoms with Gasteiger partial charge in [-0.05, 0) is 43.9 Å². The normalized spacial score (nSPS) is 14.6. The number of carbonyl (C=O) groups excluding carboxylic acids is 1. The molecule has 156 valence electrons. The van der Waals surface area contributed by atoms with Crippen molar-refractivity contribution in [3.8, 4) is 0 Å². The van der Waals surface area contributed by atoms with Crippen LogP contribution >= 0.6 is 11.8 Å². The van der Waals surface area contributed by atoms with E-state index in [1.54, 1.807) is 11.8 Å². The average molecular weight is 413 g/mol. The molecular formula is C23H32N4OS. The topological polar surface area (TPSA) is 58.1 Å². The molecule has 0 aliphatic heterocycles. The molecule has 0 atom stereocenters. The minimum Gasteiger partial charge on any atom is -0.357 e. The van der Waals surface area contributed by atoms with Gasteiger partial charge in [-0.3, -0.25) is 4.79 Å². The summed E-state index contributed by atoms with van der Waals surface area (Å²) in [6.45, 7) is 4.70. The molecule has 0 radical (unpaired) electrons. The molecule has 0 bridgehead atoms. The largest absolute Gasteiger partial charge is 0.357 e. The standard InChI is InChI=1S/C23H32N4OS/c1-4-19-15-21(27(3)20-12-7-6-8-13-20)26-23(25-19)29-16-17-10-9-11-18(14-17)22(28)24-5-2/h9-11,14-15,20H,4-8,12-13,16H2,1-3H3,(H,24,28). The van der Waals surface area contributed by atoms with E-state index in [1.807, 2.05) is 25.1 Å². The van der Waals surface area contributed by atoms with Crippen LogP contribution in [0.25, 0.3) is 0 Å². The summed E-state index contributed by atoms with van der Waals surface area (Å²) in [5.41, 5.74) is 2.88. The number of rotatable bonds is 8. The van der Waals surface area contributed by atoms with Crippen LogP contribution in [-0.2, 0) is 12.2 Å². The van der Waals surface area contributed by atoms with Crippen LogP contribution in [0.15, 0.2) is 35.5 Å². The predicted molar refractivity (Wildman–Crippen MR) is 121 cm³/mol. The predicted octanol–water partition coefficient (Wildman–Crippen LogP) is 4.85. The van der Waals surface area contributed by atoms with Crippen molar-refractivity contribution in [2.24, 2.45) is 0 Å². The first-order valence-electron chi connectivity index (χ1n) is 10.7. The summed E-state index contributed by atoms with van der Waals surface area (Å²) in [6, 6.07) is 10.5. The van der Waals surface area contributed by atoms with Crippen molar-refractivity contribution < 1.29 is 4.79 Å². The van der Waals surface area contributed by atoms with E-state index in [0.29, 0.717) is 18.2 Å². The first kappa shape index (κ1) is 21.6. The molecule has 0 spiro atoms. The zero-order valence-corrected chi connectivity index (χ0v) is 18.6. The van der Waals surface area contributed by atoms with Crippen LogP contribution in [0, 0.1) is 0 Å². The maximum absolute atomic E-state index is 12.1. The van der Waals surface area contributed by atoms with Crippen LogP contribution in [0.4, 0.5) is 5.82 Å². The lowest BCUT2D eigenvalue weighted by atomic mass is 9.94. The highest BCUT2D eigenvalue weighted by Crippen LogP contribution is 2.28. The average Bonchev–Trinajstić information content (AvgIpc) is 2.78. The van der Waals surface area contributed by atoms with E-state index in [0.717, 1.165) is 34.4 Å². The lowest BCUT2D eigenvalue weighted by Gasteiger charge is -2.32. The number of nitrogens with zero attached hydrogens (tertiary/aromatic N) is 3. The molecule has 2 aromatic rings. The summed E-state index contributed by atoms with van der Waals surface area (Å²) >= 11 is 1.63. The molecule has 1 aromatic carbocycles. The van der Waals surface area contributed by atoms with Gasteiger partial charge >= 0.3 is 0 Å². The molecule has 3 rings (SSSR count). The number of carbonyl (C=O) groups is 1. The quantitative estimate of drug-likeness (QED) is 0.496. The van der Waals surface area contributed by atoms with Crippen molar-refractivity contribution >= 4 is 23.5 Å². The summed E-state index contributed by atoms with van der Waals surface area (Å²) in [4.78, 5) is 24.0. The monoisotopic (exact) mass is 412 g/mol. The van der Waals surface area contributed by atoms with E-state index in [9.17, 15) is 4.79 Å². The number of aryl methyl sites for hydroxylation is 1. The Bertz CT molecular complexity index is 820. The van der Waals surface area contributed by atoms with E-state index in [4.69, 9.17) is 9.97 Å².